The number of amides is 1. The van der Waals surface area contributed by atoms with Crippen LogP contribution in [-0.2, 0) is 9.53 Å². The molecule has 0 saturated carbocycles. The van der Waals surface area contributed by atoms with Gasteiger partial charge >= 0.3 is 5.97 Å². The molecule has 0 radical (unpaired) electrons. The fourth-order valence-corrected chi connectivity index (χ4v) is 4.03. The van der Waals surface area contributed by atoms with Gasteiger partial charge in [0.2, 0.25) is 0 Å². The van der Waals surface area contributed by atoms with Crippen molar-refractivity contribution in [2.45, 2.75) is 12.5 Å². The molecule has 0 saturated heterocycles. The Kier molecular flexibility index (Phi) is 7.66. The number of methoxy groups -OCH3 is 1. The summed E-state index contributed by atoms with van der Waals surface area (Å²) in [5.41, 5.74) is 3.89. The van der Waals surface area contributed by atoms with Crippen LogP contribution in [0.3, 0.4) is 0 Å². The zero-order valence-electron chi connectivity index (χ0n) is 19.4. The fourth-order valence-electron chi connectivity index (χ4n) is 3.85. The van der Waals surface area contributed by atoms with E-state index in [4.69, 9.17) is 16.3 Å². The molecule has 1 atom stereocenters. The maximum Gasteiger partial charge on any atom is 0.307 e. The van der Waals surface area contributed by atoms with Crippen LogP contribution in [0.1, 0.15) is 28.4 Å². The molecule has 1 unspecified atom stereocenters. The summed E-state index contributed by atoms with van der Waals surface area (Å²) < 4.78 is 18.4. The molecule has 4 aromatic rings. The number of hydrogen-bond donors (Lipinski definition) is 2. The lowest BCUT2D eigenvalue weighted by Crippen LogP contribution is -2.30. The van der Waals surface area contributed by atoms with Crippen molar-refractivity contribution in [2.75, 3.05) is 7.11 Å². The topological polar surface area (TPSA) is 75.6 Å². The van der Waals surface area contributed by atoms with Crippen LogP contribution in [0.4, 0.5) is 4.39 Å². The van der Waals surface area contributed by atoms with Gasteiger partial charge in [-0.25, -0.2) is 4.39 Å². The molecule has 2 N–H and O–H groups in total. The summed E-state index contributed by atoms with van der Waals surface area (Å²) in [5, 5.41) is 13.2. The van der Waals surface area contributed by atoms with Crippen molar-refractivity contribution in [1.29, 1.82) is 0 Å². The molecule has 4 rings (SSSR count). The first-order valence-corrected chi connectivity index (χ1v) is 11.5. The molecule has 0 aliphatic rings. The molecule has 0 fully saturated rings. The Morgan fingerprint density at radius 1 is 0.889 bits per heavy atom. The average Bonchev–Trinajstić information content (AvgIpc) is 2.90. The smallest absolute Gasteiger partial charge is 0.307 e. The highest BCUT2D eigenvalue weighted by molar-refractivity contribution is 6.31. The van der Waals surface area contributed by atoms with E-state index in [1.54, 1.807) is 6.07 Å². The quantitative estimate of drug-likeness (QED) is 0.280. The number of carbonyl (C=O) groups is 2. The van der Waals surface area contributed by atoms with Gasteiger partial charge in [-0.15, -0.1) is 0 Å². The van der Waals surface area contributed by atoms with Crippen molar-refractivity contribution in [3.8, 4) is 28.0 Å². The van der Waals surface area contributed by atoms with Crippen molar-refractivity contribution in [3.63, 3.8) is 0 Å². The van der Waals surface area contributed by atoms with Crippen LogP contribution < -0.4 is 5.32 Å². The summed E-state index contributed by atoms with van der Waals surface area (Å²) in [6, 6.07) is 25.3. The molecule has 7 heteroatoms. The highest BCUT2D eigenvalue weighted by Gasteiger charge is 2.22. The molecule has 0 bridgehead atoms. The molecule has 0 aromatic heterocycles. The Morgan fingerprint density at radius 3 is 2.17 bits per heavy atom. The van der Waals surface area contributed by atoms with Gasteiger partial charge in [-0.2, -0.15) is 0 Å². The lowest BCUT2D eigenvalue weighted by atomic mass is 9.98. The molecule has 0 spiro atoms. The summed E-state index contributed by atoms with van der Waals surface area (Å²) >= 11 is 5.90. The number of hydrogen-bond acceptors (Lipinski definition) is 4. The number of phenols is 1. The highest BCUT2D eigenvalue weighted by atomic mass is 35.5. The first-order chi connectivity index (χ1) is 17.4. The first kappa shape index (κ1) is 24.9. The van der Waals surface area contributed by atoms with Crippen LogP contribution in [0.15, 0.2) is 91.0 Å². The molecule has 4 aromatic carbocycles. The van der Waals surface area contributed by atoms with Gasteiger partial charge in [-0.05, 0) is 52.1 Å². The molecule has 0 aliphatic heterocycles. The van der Waals surface area contributed by atoms with Gasteiger partial charge in [0.1, 0.15) is 11.6 Å². The molecule has 1 amide bonds. The van der Waals surface area contributed by atoms with E-state index in [0.29, 0.717) is 16.7 Å². The Balaban J connectivity index is 1.61. The minimum absolute atomic E-state index is 0.00344. The second kappa shape index (κ2) is 11.1. The predicted molar refractivity (Wildman–Crippen MR) is 137 cm³/mol. The zero-order valence-corrected chi connectivity index (χ0v) is 20.1. The van der Waals surface area contributed by atoms with E-state index >= 15 is 0 Å². The van der Waals surface area contributed by atoms with Crippen molar-refractivity contribution >= 4 is 23.5 Å². The van der Waals surface area contributed by atoms with E-state index in [-0.39, 0.29) is 22.8 Å². The van der Waals surface area contributed by atoms with Crippen molar-refractivity contribution in [2.24, 2.45) is 0 Å². The Hall–Kier alpha value is -4.16. The van der Waals surface area contributed by atoms with E-state index < -0.39 is 23.7 Å². The molecule has 5 nitrogen and oxygen atoms in total. The van der Waals surface area contributed by atoms with Crippen molar-refractivity contribution in [3.05, 3.63) is 113 Å². The summed E-state index contributed by atoms with van der Waals surface area (Å²) in [5.74, 6) is -1.86. The zero-order chi connectivity index (χ0) is 25.7. The first-order valence-electron chi connectivity index (χ1n) is 11.2. The van der Waals surface area contributed by atoms with Crippen LogP contribution in [0.5, 0.6) is 5.75 Å². The third kappa shape index (κ3) is 5.73. The van der Waals surface area contributed by atoms with Gasteiger partial charge in [0.05, 0.1) is 30.2 Å². The third-order valence-electron chi connectivity index (χ3n) is 5.82. The van der Waals surface area contributed by atoms with Crippen LogP contribution in [0, 0.1) is 5.82 Å². The summed E-state index contributed by atoms with van der Waals surface area (Å²) in [7, 11) is 1.28. The van der Waals surface area contributed by atoms with Gasteiger partial charge in [0.25, 0.3) is 5.91 Å². The van der Waals surface area contributed by atoms with Crippen LogP contribution in [0.25, 0.3) is 22.3 Å². The highest BCUT2D eigenvalue weighted by Crippen LogP contribution is 2.30. The predicted octanol–water partition coefficient (Wildman–Crippen LogP) is 6.55. The molecular formula is C29H23ClFNO4. The number of benzene rings is 4. The minimum atomic E-state index is -0.696. The molecule has 36 heavy (non-hydrogen) atoms. The third-order valence-corrected chi connectivity index (χ3v) is 6.11. The number of ether oxygens (including phenoxy) is 1. The Labute approximate surface area is 213 Å². The van der Waals surface area contributed by atoms with Crippen LogP contribution >= 0.6 is 11.6 Å². The summed E-state index contributed by atoms with van der Waals surface area (Å²) in [6.07, 6.45) is -0.0963. The maximum absolute atomic E-state index is 13.6. The number of carbonyl (C=O) groups excluding carboxylic acids is 2. The summed E-state index contributed by atoms with van der Waals surface area (Å²) in [4.78, 5) is 25.3. The number of esters is 1. The lowest BCUT2D eigenvalue weighted by molar-refractivity contribution is -0.141. The molecule has 182 valence electrons. The van der Waals surface area contributed by atoms with Gasteiger partial charge in [-0.3, -0.25) is 9.59 Å². The van der Waals surface area contributed by atoms with E-state index in [9.17, 15) is 19.1 Å². The monoisotopic (exact) mass is 503 g/mol. The fraction of sp³-hybridized carbons (Fsp3) is 0.103. The SMILES string of the molecule is COC(=O)CC(NC(=O)c1cc(-c2ccc(F)c(Cl)c2)ccc1O)c1ccc(-c2ccccc2)cc1. The second-order valence-corrected chi connectivity index (χ2v) is 8.56. The van der Waals surface area contributed by atoms with Gasteiger partial charge < -0.3 is 15.2 Å². The van der Waals surface area contributed by atoms with E-state index in [0.717, 1.165) is 11.1 Å². The van der Waals surface area contributed by atoms with Crippen molar-refractivity contribution < 1.29 is 23.8 Å². The molecule has 0 heterocycles. The molecular weight excluding hydrogens is 481 g/mol. The Morgan fingerprint density at radius 2 is 1.50 bits per heavy atom. The second-order valence-electron chi connectivity index (χ2n) is 8.16. The molecule has 0 aliphatic carbocycles. The number of nitrogens with one attached hydrogen (secondary N) is 1. The van der Waals surface area contributed by atoms with Gasteiger partial charge in [0.15, 0.2) is 0 Å². The van der Waals surface area contributed by atoms with Crippen LogP contribution in [-0.4, -0.2) is 24.1 Å². The normalized spacial score (nSPS) is 11.5. The minimum Gasteiger partial charge on any atom is -0.507 e. The Bertz CT molecular complexity index is 1390. The maximum atomic E-state index is 13.6. The number of aromatic hydroxyl groups is 1. The van der Waals surface area contributed by atoms with E-state index in [1.807, 2.05) is 54.6 Å². The number of rotatable bonds is 7. The number of halogens is 2. The van der Waals surface area contributed by atoms with Crippen molar-refractivity contribution in [1.82, 2.24) is 5.32 Å². The van der Waals surface area contributed by atoms with Gasteiger partial charge in [-0.1, -0.05) is 78.3 Å². The average molecular weight is 504 g/mol. The standard InChI is InChI=1S/C29H23ClFNO4/c1-36-28(34)17-26(20-9-7-19(8-10-20)18-5-3-2-4-6-18)32-29(35)23-15-21(12-14-27(23)33)22-11-13-25(31)24(30)16-22/h2-16,26,33H,17H2,1H3,(H,32,35). The number of phenolic OH excluding ortho intramolecular Hbond substituents is 1. The van der Waals surface area contributed by atoms with E-state index in [1.165, 1.54) is 37.4 Å². The van der Waals surface area contributed by atoms with Gasteiger partial charge in [0, 0.05) is 0 Å². The van der Waals surface area contributed by atoms with E-state index in [2.05, 4.69) is 5.32 Å². The summed E-state index contributed by atoms with van der Waals surface area (Å²) in [6.45, 7) is 0. The largest absolute Gasteiger partial charge is 0.507 e. The lowest BCUT2D eigenvalue weighted by Gasteiger charge is -2.19. The van der Waals surface area contributed by atoms with Crippen LogP contribution in [0.2, 0.25) is 5.02 Å².